The van der Waals surface area contributed by atoms with E-state index in [9.17, 15) is 19.2 Å². The van der Waals surface area contributed by atoms with Gasteiger partial charge in [0.25, 0.3) is 5.91 Å². The molecule has 2 fully saturated rings. The molecule has 3 aromatic carbocycles. The van der Waals surface area contributed by atoms with Gasteiger partial charge in [0.2, 0.25) is 5.91 Å². The molecule has 308 valence electrons. The summed E-state index contributed by atoms with van der Waals surface area (Å²) in [5.41, 5.74) is 2.91. The van der Waals surface area contributed by atoms with Crippen molar-refractivity contribution in [3.05, 3.63) is 108 Å². The topological polar surface area (TPSA) is 163 Å². The summed E-state index contributed by atoms with van der Waals surface area (Å²) in [6.45, 7) is 4.78. The number of nitrogens with one attached hydrogen (secondary N) is 3. The lowest BCUT2D eigenvalue weighted by atomic mass is 9.91. The molecule has 7 rings (SSSR count). The summed E-state index contributed by atoms with van der Waals surface area (Å²) in [5.74, 6) is -1.55. The number of amides is 3. The zero-order chi connectivity index (χ0) is 41.8. The number of likely N-dealkylation sites (tertiary alicyclic amines) is 2. The van der Waals surface area contributed by atoms with Gasteiger partial charge in [-0.15, -0.1) is 0 Å². The zero-order valence-electron chi connectivity index (χ0n) is 33.3. The van der Waals surface area contributed by atoms with Crippen LogP contribution < -0.4 is 5.32 Å². The number of halogens is 2. The summed E-state index contributed by atoms with van der Waals surface area (Å²) in [6.07, 6.45) is 5.10. The Morgan fingerprint density at radius 2 is 1.29 bits per heavy atom. The first-order chi connectivity index (χ1) is 28.5. The van der Waals surface area contributed by atoms with E-state index >= 15 is 8.78 Å². The van der Waals surface area contributed by atoms with E-state index in [4.69, 9.17) is 9.47 Å². The molecule has 5 aromatic rings. The summed E-state index contributed by atoms with van der Waals surface area (Å²) in [5, 5.41) is 2.65. The standard InChI is InChI=1S/C44H47F2N7O6/c1-25(2)31(22-38(54)58-3)42(55)52-18-8-12-36(52)40-47-23-34(49-40)29-16-14-27(20-32(29)45)28-15-17-30(33(46)21-28)35-24-48-41(50-35)37-13-9-19-53(37)43(56)39(51-44(57)59-4)26-10-6-5-7-11-26/h5-7,10-11,14-17,20-21,23-25,31,36-37,39H,8-9,12-13,18-19,22H2,1-4H3,(H,47,49)(H,48,50)(H,51,57)/t31-,36-,37-,39+/m0/s1. The molecule has 2 aromatic heterocycles. The molecule has 0 radical (unpaired) electrons. The number of esters is 1. The normalized spacial score (nSPS) is 17.5. The zero-order valence-corrected chi connectivity index (χ0v) is 33.3. The second-order valence-corrected chi connectivity index (χ2v) is 15.2. The molecule has 3 amide bonds. The number of hydrogen-bond acceptors (Lipinski definition) is 8. The van der Waals surface area contributed by atoms with Crippen molar-refractivity contribution < 1.29 is 37.4 Å². The van der Waals surface area contributed by atoms with Gasteiger partial charge in [0.1, 0.15) is 29.3 Å². The van der Waals surface area contributed by atoms with Gasteiger partial charge in [0.05, 0.1) is 62.4 Å². The minimum Gasteiger partial charge on any atom is -0.469 e. The Hall–Kier alpha value is -6.38. The van der Waals surface area contributed by atoms with Crippen molar-refractivity contribution in [2.24, 2.45) is 11.8 Å². The fraction of sp³-hybridized carbons (Fsp3) is 0.364. The number of H-pyrrole nitrogens is 2. The maximum Gasteiger partial charge on any atom is 0.407 e. The molecule has 2 aliphatic heterocycles. The Labute approximate surface area is 340 Å². The molecule has 13 nitrogen and oxygen atoms in total. The average Bonchev–Trinajstić information content (AvgIpc) is 4.09. The predicted octanol–water partition coefficient (Wildman–Crippen LogP) is 7.67. The second-order valence-electron chi connectivity index (χ2n) is 15.2. The lowest BCUT2D eigenvalue weighted by Gasteiger charge is -2.29. The van der Waals surface area contributed by atoms with E-state index in [1.165, 1.54) is 38.7 Å². The molecule has 2 aliphatic rings. The Kier molecular flexibility index (Phi) is 12.2. The second kappa shape index (κ2) is 17.6. The first kappa shape index (κ1) is 40.8. The number of imidazole rings is 2. The van der Waals surface area contributed by atoms with Gasteiger partial charge < -0.3 is 34.6 Å². The van der Waals surface area contributed by atoms with E-state index < -0.39 is 41.7 Å². The van der Waals surface area contributed by atoms with Crippen molar-refractivity contribution in [3.63, 3.8) is 0 Å². The highest BCUT2D eigenvalue weighted by molar-refractivity contribution is 5.87. The summed E-state index contributed by atoms with van der Waals surface area (Å²) >= 11 is 0. The smallest absolute Gasteiger partial charge is 0.407 e. The first-order valence-corrected chi connectivity index (χ1v) is 19.7. The van der Waals surface area contributed by atoms with Gasteiger partial charge in [0, 0.05) is 24.2 Å². The summed E-state index contributed by atoms with van der Waals surface area (Å²) in [4.78, 5) is 70.6. The van der Waals surface area contributed by atoms with Crippen LogP contribution >= 0.6 is 0 Å². The number of aromatic nitrogens is 4. The molecular formula is C44H47F2N7O6. The van der Waals surface area contributed by atoms with Crippen LogP contribution in [-0.2, 0) is 23.9 Å². The quantitative estimate of drug-likeness (QED) is 0.108. The van der Waals surface area contributed by atoms with Gasteiger partial charge in [-0.3, -0.25) is 14.4 Å². The molecule has 0 aliphatic carbocycles. The lowest BCUT2D eigenvalue weighted by Crippen LogP contribution is -2.42. The molecular weight excluding hydrogens is 761 g/mol. The van der Waals surface area contributed by atoms with Crippen LogP contribution in [0.1, 0.15) is 81.3 Å². The molecule has 15 heteroatoms. The van der Waals surface area contributed by atoms with Crippen molar-refractivity contribution in [3.8, 4) is 33.6 Å². The molecule has 0 bridgehead atoms. The Bertz CT molecular complexity index is 2330. The largest absolute Gasteiger partial charge is 0.469 e. The van der Waals surface area contributed by atoms with Gasteiger partial charge in [0.15, 0.2) is 0 Å². The van der Waals surface area contributed by atoms with E-state index in [2.05, 4.69) is 25.3 Å². The van der Waals surface area contributed by atoms with Gasteiger partial charge in [-0.2, -0.15) is 0 Å². The summed E-state index contributed by atoms with van der Waals surface area (Å²) in [7, 11) is 2.54. The predicted molar refractivity (Wildman–Crippen MR) is 214 cm³/mol. The van der Waals surface area contributed by atoms with Crippen LogP contribution in [0.4, 0.5) is 13.6 Å². The van der Waals surface area contributed by atoms with Crippen LogP contribution in [0.5, 0.6) is 0 Å². The monoisotopic (exact) mass is 807 g/mol. The highest BCUT2D eigenvalue weighted by Gasteiger charge is 2.39. The third-order valence-corrected chi connectivity index (χ3v) is 11.3. The van der Waals surface area contributed by atoms with Crippen LogP contribution in [0.25, 0.3) is 33.6 Å². The SMILES string of the molecule is COC(=O)C[C@H](C(=O)N1CCC[C@H]1c1ncc(-c2ccc(-c3ccc(-c4cnc([C@@H]5CCCN5C(=O)[C@H](NC(=O)OC)c5ccccc5)[nH]4)c(F)c3)cc2F)[nH]1)C(C)C. The van der Waals surface area contributed by atoms with E-state index in [1.54, 1.807) is 58.3 Å². The molecule has 2 saturated heterocycles. The van der Waals surface area contributed by atoms with E-state index in [0.29, 0.717) is 72.1 Å². The number of benzene rings is 3. The number of carbonyl (C=O) groups excluding carboxylic acids is 4. The third-order valence-electron chi connectivity index (χ3n) is 11.3. The third kappa shape index (κ3) is 8.59. The Morgan fingerprint density at radius 3 is 1.76 bits per heavy atom. The van der Waals surface area contributed by atoms with Crippen LogP contribution in [0.2, 0.25) is 0 Å². The first-order valence-electron chi connectivity index (χ1n) is 19.7. The van der Waals surface area contributed by atoms with E-state index in [1.807, 2.05) is 19.9 Å². The number of methoxy groups -OCH3 is 2. The molecule has 4 atom stereocenters. The number of ether oxygens (including phenoxy) is 2. The minimum absolute atomic E-state index is 0.00725. The van der Waals surface area contributed by atoms with Crippen molar-refractivity contribution in [1.29, 1.82) is 0 Å². The lowest BCUT2D eigenvalue weighted by molar-refractivity contribution is -0.148. The number of nitrogens with zero attached hydrogens (tertiary/aromatic N) is 4. The van der Waals surface area contributed by atoms with Gasteiger partial charge in [-0.25, -0.2) is 23.5 Å². The molecule has 0 unspecified atom stereocenters. The van der Waals surface area contributed by atoms with Crippen LogP contribution in [0, 0.1) is 23.5 Å². The number of rotatable bonds is 12. The summed E-state index contributed by atoms with van der Waals surface area (Å²) in [6, 6.07) is 16.5. The molecule has 59 heavy (non-hydrogen) atoms. The fourth-order valence-corrected chi connectivity index (χ4v) is 8.10. The van der Waals surface area contributed by atoms with Crippen molar-refractivity contribution in [2.75, 3.05) is 27.3 Å². The van der Waals surface area contributed by atoms with E-state index in [0.717, 1.165) is 6.42 Å². The van der Waals surface area contributed by atoms with Gasteiger partial charge in [-0.05, 0) is 72.6 Å². The Morgan fingerprint density at radius 1 is 0.763 bits per heavy atom. The maximum atomic E-state index is 15.8. The van der Waals surface area contributed by atoms with Crippen LogP contribution in [0.15, 0.2) is 79.1 Å². The number of aromatic amines is 2. The number of carbonyl (C=O) groups is 4. The molecule has 4 heterocycles. The minimum atomic E-state index is -0.969. The molecule has 3 N–H and O–H groups in total. The van der Waals surface area contributed by atoms with Crippen molar-refractivity contribution in [2.45, 2.75) is 64.1 Å². The highest BCUT2D eigenvalue weighted by atomic mass is 19.1. The maximum absolute atomic E-state index is 15.8. The fourth-order valence-electron chi connectivity index (χ4n) is 8.10. The van der Waals surface area contributed by atoms with Crippen molar-refractivity contribution >= 4 is 23.9 Å². The van der Waals surface area contributed by atoms with Gasteiger partial charge in [-0.1, -0.05) is 56.3 Å². The molecule has 0 spiro atoms. The van der Waals surface area contributed by atoms with Crippen molar-refractivity contribution in [1.82, 2.24) is 35.1 Å². The molecule has 0 saturated carbocycles. The Balaban J connectivity index is 1.05. The van der Waals surface area contributed by atoms with Crippen LogP contribution in [0.3, 0.4) is 0 Å². The van der Waals surface area contributed by atoms with Crippen LogP contribution in [-0.4, -0.2) is 80.9 Å². The highest BCUT2D eigenvalue weighted by Crippen LogP contribution is 2.37. The number of alkyl carbamates (subject to hydrolysis) is 1. The van der Waals surface area contributed by atoms with E-state index in [-0.39, 0.29) is 41.3 Å². The van der Waals surface area contributed by atoms with Gasteiger partial charge >= 0.3 is 12.1 Å². The average molecular weight is 808 g/mol. The summed E-state index contributed by atoms with van der Waals surface area (Å²) < 4.78 is 41.2. The number of hydrogen-bond donors (Lipinski definition) is 3.